The fraction of sp³-hybridized carbons (Fsp3) is 0.200. The number of hydrogen-bond donors (Lipinski definition) is 1. The Morgan fingerprint density at radius 2 is 1.81 bits per heavy atom. The van der Waals surface area contributed by atoms with Gasteiger partial charge in [-0.15, -0.1) is 0 Å². The zero-order chi connectivity index (χ0) is 15.2. The Bertz CT molecular complexity index is 632. The highest BCUT2D eigenvalue weighted by atomic mass is 35.5. The van der Waals surface area contributed by atoms with Crippen molar-refractivity contribution < 1.29 is 9.31 Å². The van der Waals surface area contributed by atoms with E-state index in [0.717, 1.165) is 18.5 Å². The van der Waals surface area contributed by atoms with E-state index in [-0.39, 0.29) is 0 Å². The summed E-state index contributed by atoms with van der Waals surface area (Å²) in [5.74, 6) is -0.808. The molecule has 0 fully saturated rings. The first-order valence-electron chi connectivity index (χ1n) is 6.44. The van der Waals surface area contributed by atoms with Gasteiger partial charge in [-0.25, -0.2) is 0 Å². The van der Waals surface area contributed by atoms with Crippen molar-refractivity contribution in [2.24, 2.45) is 0 Å². The smallest absolute Gasteiger partial charge is 0.304 e. The lowest BCUT2D eigenvalue weighted by Crippen LogP contribution is -2.16. The minimum absolute atomic E-state index is 0.461. The molecule has 2 aromatic rings. The van der Waals surface area contributed by atoms with Crippen molar-refractivity contribution in [1.29, 1.82) is 0 Å². The largest absolute Gasteiger partial charge is 0.312 e. The van der Waals surface area contributed by atoms with Gasteiger partial charge in [-0.3, -0.25) is 10.1 Å². The van der Waals surface area contributed by atoms with E-state index in [1.807, 2.05) is 24.3 Å². The number of benzene rings is 2. The van der Waals surface area contributed by atoms with Gasteiger partial charge in [0.2, 0.25) is 5.82 Å². The molecule has 0 amide bonds. The fourth-order valence-corrected chi connectivity index (χ4v) is 2.05. The Balaban J connectivity index is 1.82. The molecule has 110 valence electrons. The molecule has 0 aliphatic rings. The van der Waals surface area contributed by atoms with Gasteiger partial charge in [0.25, 0.3) is 0 Å². The van der Waals surface area contributed by atoms with Gasteiger partial charge in [0.05, 0.1) is 4.92 Å². The lowest BCUT2D eigenvalue weighted by atomic mass is 10.1. The molecule has 0 atom stereocenters. The quantitative estimate of drug-likeness (QED) is 0.503. The lowest BCUT2D eigenvalue weighted by molar-refractivity contribution is -0.387. The average molecular weight is 309 g/mol. The van der Waals surface area contributed by atoms with E-state index in [0.29, 0.717) is 17.1 Å². The molecule has 0 unspecified atom stereocenters. The predicted molar refractivity (Wildman–Crippen MR) is 79.9 cm³/mol. The molecule has 0 saturated carbocycles. The Morgan fingerprint density at radius 3 is 2.43 bits per heavy atom. The molecule has 21 heavy (non-hydrogen) atoms. The molecule has 0 saturated heterocycles. The highest BCUT2D eigenvalue weighted by molar-refractivity contribution is 6.30. The summed E-state index contributed by atoms with van der Waals surface area (Å²) in [7, 11) is 0. The van der Waals surface area contributed by atoms with Crippen LogP contribution in [0.5, 0.6) is 0 Å². The van der Waals surface area contributed by atoms with Crippen LogP contribution in [0.15, 0.2) is 42.5 Å². The molecule has 0 heterocycles. The summed E-state index contributed by atoms with van der Waals surface area (Å²) in [6, 6.07) is 11.5. The van der Waals surface area contributed by atoms with Gasteiger partial charge in [0, 0.05) is 17.6 Å². The van der Waals surface area contributed by atoms with Gasteiger partial charge in [-0.1, -0.05) is 29.8 Å². The number of rotatable bonds is 6. The maximum atomic E-state index is 13.4. The van der Waals surface area contributed by atoms with Gasteiger partial charge in [-0.05, 0) is 42.3 Å². The highest BCUT2D eigenvalue weighted by Crippen LogP contribution is 2.17. The normalized spacial score (nSPS) is 10.6. The van der Waals surface area contributed by atoms with Crippen LogP contribution in [0.4, 0.5) is 10.1 Å². The molecular weight excluding hydrogens is 295 g/mol. The third kappa shape index (κ3) is 4.51. The Labute approximate surface area is 126 Å². The van der Waals surface area contributed by atoms with E-state index in [4.69, 9.17) is 11.6 Å². The molecule has 6 heteroatoms. The Morgan fingerprint density at radius 1 is 1.14 bits per heavy atom. The van der Waals surface area contributed by atoms with E-state index in [1.54, 1.807) is 6.07 Å². The second-order valence-corrected chi connectivity index (χ2v) is 5.03. The fourth-order valence-electron chi connectivity index (χ4n) is 1.92. The number of nitro groups is 1. The van der Waals surface area contributed by atoms with Crippen molar-refractivity contribution in [2.45, 2.75) is 13.0 Å². The molecule has 0 spiro atoms. The molecule has 0 bridgehead atoms. The summed E-state index contributed by atoms with van der Waals surface area (Å²) >= 11 is 5.80. The van der Waals surface area contributed by atoms with Crippen LogP contribution in [0, 0.1) is 15.9 Å². The van der Waals surface area contributed by atoms with Crippen LogP contribution in [0.1, 0.15) is 11.1 Å². The summed E-state index contributed by atoms with van der Waals surface area (Å²) in [5.41, 5.74) is 1.33. The molecule has 2 rings (SSSR count). The third-order valence-corrected chi connectivity index (χ3v) is 3.29. The molecule has 0 aliphatic heterocycles. The maximum absolute atomic E-state index is 13.4. The second kappa shape index (κ2) is 7.15. The summed E-state index contributed by atoms with van der Waals surface area (Å²) in [6.45, 7) is 1.18. The van der Waals surface area contributed by atoms with Crippen molar-refractivity contribution >= 4 is 17.3 Å². The SMILES string of the molecule is O=[N+]([O-])c1ccc(CNCCc2ccc(Cl)cc2)cc1F. The third-order valence-electron chi connectivity index (χ3n) is 3.04. The second-order valence-electron chi connectivity index (χ2n) is 4.60. The minimum atomic E-state index is -0.808. The van der Waals surface area contributed by atoms with Crippen LogP contribution in [0.2, 0.25) is 5.02 Å². The summed E-state index contributed by atoms with van der Waals surface area (Å²) in [4.78, 5) is 9.79. The predicted octanol–water partition coefficient (Wildman–Crippen LogP) is 3.72. The van der Waals surface area contributed by atoms with Crippen molar-refractivity contribution in [1.82, 2.24) is 5.32 Å². The van der Waals surface area contributed by atoms with Gasteiger partial charge < -0.3 is 5.32 Å². The van der Waals surface area contributed by atoms with Crippen molar-refractivity contribution in [3.63, 3.8) is 0 Å². The molecule has 1 N–H and O–H groups in total. The summed E-state index contributed by atoms with van der Waals surface area (Å²) in [5, 5.41) is 14.4. The van der Waals surface area contributed by atoms with Crippen LogP contribution >= 0.6 is 11.6 Å². The Hall–Kier alpha value is -1.98. The molecule has 0 aromatic heterocycles. The maximum Gasteiger partial charge on any atom is 0.304 e. The van der Waals surface area contributed by atoms with Crippen molar-refractivity contribution in [3.05, 3.63) is 74.5 Å². The number of halogens is 2. The molecular formula is C15H14ClFN2O2. The first-order chi connectivity index (χ1) is 10.1. The van der Waals surface area contributed by atoms with Crippen LogP contribution < -0.4 is 5.32 Å². The van der Waals surface area contributed by atoms with E-state index >= 15 is 0 Å². The number of nitrogens with zero attached hydrogens (tertiary/aromatic N) is 1. The zero-order valence-electron chi connectivity index (χ0n) is 11.2. The van der Waals surface area contributed by atoms with Gasteiger partial charge in [0.15, 0.2) is 0 Å². The first-order valence-corrected chi connectivity index (χ1v) is 6.82. The molecule has 0 aliphatic carbocycles. The van der Waals surface area contributed by atoms with E-state index in [1.165, 1.54) is 12.1 Å². The van der Waals surface area contributed by atoms with Crippen molar-refractivity contribution in [3.8, 4) is 0 Å². The number of hydrogen-bond acceptors (Lipinski definition) is 3. The molecule has 0 radical (unpaired) electrons. The monoisotopic (exact) mass is 308 g/mol. The summed E-state index contributed by atoms with van der Waals surface area (Å²) < 4.78 is 13.4. The number of nitrogens with one attached hydrogen (secondary N) is 1. The summed E-state index contributed by atoms with van der Waals surface area (Å²) in [6.07, 6.45) is 0.826. The Kier molecular flexibility index (Phi) is 5.25. The first kappa shape index (κ1) is 15.4. The lowest BCUT2D eigenvalue weighted by Gasteiger charge is -2.06. The molecule has 2 aromatic carbocycles. The van der Waals surface area contributed by atoms with Crippen LogP contribution in [-0.2, 0) is 13.0 Å². The average Bonchev–Trinajstić information content (AvgIpc) is 2.45. The minimum Gasteiger partial charge on any atom is -0.312 e. The van der Waals surface area contributed by atoms with E-state index in [2.05, 4.69) is 5.32 Å². The number of nitro benzene ring substituents is 1. The van der Waals surface area contributed by atoms with Gasteiger partial charge in [0.1, 0.15) is 0 Å². The highest BCUT2D eigenvalue weighted by Gasteiger charge is 2.13. The van der Waals surface area contributed by atoms with Crippen LogP contribution in [0.25, 0.3) is 0 Å². The van der Waals surface area contributed by atoms with E-state index < -0.39 is 16.4 Å². The van der Waals surface area contributed by atoms with E-state index in [9.17, 15) is 14.5 Å². The zero-order valence-corrected chi connectivity index (χ0v) is 11.9. The van der Waals surface area contributed by atoms with Gasteiger partial charge >= 0.3 is 5.69 Å². The van der Waals surface area contributed by atoms with Crippen LogP contribution in [0.3, 0.4) is 0 Å². The van der Waals surface area contributed by atoms with Gasteiger partial charge in [-0.2, -0.15) is 4.39 Å². The van der Waals surface area contributed by atoms with Crippen LogP contribution in [-0.4, -0.2) is 11.5 Å². The molecule has 4 nitrogen and oxygen atoms in total. The van der Waals surface area contributed by atoms with Crippen molar-refractivity contribution in [2.75, 3.05) is 6.54 Å². The standard InChI is InChI=1S/C15H14ClFN2O2/c16-13-4-1-11(2-5-13)7-8-18-10-12-3-6-15(19(20)21)14(17)9-12/h1-6,9,18H,7-8,10H2. The topological polar surface area (TPSA) is 55.2 Å².